The van der Waals surface area contributed by atoms with E-state index in [0.717, 1.165) is 27.5 Å². The molecule has 0 amide bonds. The van der Waals surface area contributed by atoms with Gasteiger partial charge in [-0.05, 0) is 55.3 Å². The number of rotatable bonds is 6. The third-order valence-corrected chi connectivity index (χ3v) is 6.55. The third-order valence-electron chi connectivity index (χ3n) is 6.55. The molecule has 0 bridgehead atoms. The molecule has 0 aliphatic heterocycles. The van der Waals surface area contributed by atoms with Crippen molar-refractivity contribution in [2.75, 3.05) is 0 Å². The predicted molar refractivity (Wildman–Crippen MR) is 132 cm³/mol. The number of aryl methyl sites for hydroxylation is 1. The highest BCUT2D eigenvalue weighted by molar-refractivity contribution is 5.87. The predicted octanol–water partition coefficient (Wildman–Crippen LogP) is 4.97. The van der Waals surface area contributed by atoms with Gasteiger partial charge in [-0.15, -0.1) is 0 Å². The number of carboxylic acid groups (broad SMARTS) is 1. The molecule has 0 aliphatic rings. The average molecular weight is 456 g/mol. The van der Waals surface area contributed by atoms with Gasteiger partial charge < -0.3 is 15.2 Å². The zero-order chi connectivity index (χ0) is 24.0. The number of carboxylic acids is 1. The summed E-state index contributed by atoms with van der Waals surface area (Å²) in [5.74, 6) is -0.932. The molecule has 2 unspecified atom stereocenters. The quantitative estimate of drug-likeness (QED) is 0.336. The Morgan fingerprint density at radius 1 is 0.971 bits per heavy atom. The van der Waals surface area contributed by atoms with E-state index in [1.807, 2.05) is 62.5 Å². The van der Waals surface area contributed by atoms with Crippen molar-refractivity contribution in [2.24, 2.45) is 0 Å². The van der Waals surface area contributed by atoms with Gasteiger partial charge in [0.2, 0.25) is 0 Å². The van der Waals surface area contributed by atoms with Gasteiger partial charge in [0.25, 0.3) is 0 Å². The number of H-pyrrole nitrogens is 1. The van der Waals surface area contributed by atoms with Crippen LogP contribution in [0.2, 0.25) is 0 Å². The molecule has 5 rings (SSSR count). The Hall–Kier alpha value is -4.26. The van der Waals surface area contributed by atoms with E-state index in [9.17, 15) is 19.8 Å². The molecule has 7 heteroatoms. The van der Waals surface area contributed by atoms with E-state index < -0.39 is 12.0 Å². The summed E-state index contributed by atoms with van der Waals surface area (Å²) in [4.78, 5) is 29.1. The number of benzene rings is 3. The number of aromatic amines is 1. The molecule has 2 heterocycles. The summed E-state index contributed by atoms with van der Waals surface area (Å²) in [7, 11) is 0. The topological polar surface area (TPSA) is 100 Å². The van der Waals surface area contributed by atoms with Crippen LogP contribution in [0, 0.1) is 6.92 Å². The molecule has 0 aliphatic carbocycles. The zero-order valence-corrected chi connectivity index (χ0v) is 18.9. The van der Waals surface area contributed by atoms with E-state index >= 15 is 0 Å². The van der Waals surface area contributed by atoms with Crippen LogP contribution in [-0.2, 0) is 4.79 Å². The second kappa shape index (κ2) is 8.26. The van der Waals surface area contributed by atoms with Gasteiger partial charge in [0, 0.05) is 22.7 Å². The van der Waals surface area contributed by atoms with Crippen molar-refractivity contribution >= 4 is 27.9 Å². The minimum atomic E-state index is -1.01. The summed E-state index contributed by atoms with van der Waals surface area (Å²) in [5, 5.41) is 20.5. The Balaban J connectivity index is 1.75. The first-order chi connectivity index (χ1) is 16.4. The molecule has 2 atom stereocenters. The molecular weight excluding hydrogens is 430 g/mol. The molecule has 0 spiro atoms. The smallest absolute Gasteiger partial charge is 0.330 e. The third kappa shape index (κ3) is 3.46. The Morgan fingerprint density at radius 2 is 1.65 bits per heavy atom. The second-order valence-electron chi connectivity index (χ2n) is 8.63. The van der Waals surface area contributed by atoms with Gasteiger partial charge in [0.15, 0.2) is 0 Å². The number of hydrogen-bond donors (Lipinski definition) is 3. The molecular formula is C27H25N3O4. The summed E-state index contributed by atoms with van der Waals surface area (Å²) in [6.45, 7) is 4.03. The number of imidazole rings is 1. The Kier molecular flexibility index (Phi) is 5.24. The first-order valence-corrected chi connectivity index (χ1v) is 11.2. The van der Waals surface area contributed by atoms with Crippen LogP contribution in [0.5, 0.6) is 5.75 Å². The molecule has 5 aromatic rings. The fourth-order valence-corrected chi connectivity index (χ4v) is 4.96. The van der Waals surface area contributed by atoms with Crippen molar-refractivity contribution in [3.05, 3.63) is 100 Å². The van der Waals surface area contributed by atoms with E-state index in [2.05, 4.69) is 4.98 Å². The average Bonchev–Trinajstić information content (AvgIpc) is 3.37. The van der Waals surface area contributed by atoms with Crippen LogP contribution in [0.25, 0.3) is 21.9 Å². The van der Waals surface area contributed by atoms with Gasteiger partial charge in [-0.3, -0.25) is 13.9 Å². The Morgan fingerprint density at radius 3 is 2.32 bits per heavy atom. The first-order valence-electron chi connectivity index (χ1n) is 11.2. The van der Waals surface area contributed by atoms with Gasteiger partial charge in [-0.25, -0.2) is 4.79 Å². The van der Waals surface area contributed by atoms with Crippen LogP contribution in [0.4, 0.5) is 0 Å². The highest BCUT2D eigenvalue weighted by Gasteiger charge is 2.27. The van der Waals surface area contributed by atoms with Crippen LogP contribution in [-0.4, -0.2) is 30.3 Å². The molecule has 0 saturated heterocycles. The Labute approximate surface area is 195 Å². The van der Waals surface area contributed by atoms with E-state index in [0.29, 0.717) is 11.1 Å². The molecule has 3 aromatic carbocycles. The van der Waals surface area contributed by atoms with Crippen molar-refractivity contribution in [3.8, 4) is 5.75 Å². The lowest BCUT2D eigenvalue weighted by Gasteiger charge is -2.18. The van der Waals surface area contributed by atoms with Crippen LogP contribution < -0.4 is 5.69 Å². The summed E-state index contributed by atoms with van der Waals surface area (Å²) >= 11 is 0. The number of nitrogens with zero attached hydrogens (tertiary/aromatic N) is 2. The zero-order valence-electron chi connectivity index (χ0n) is 18.9. The molecule has 3 N–H and O–H groups in total. The lowest BCUT2D eigenvalue weighted by atomic mass is 10.0. The van der Waals surface area contributed by atoms with Crippen molar-refractivity contribution in [3.63, 3.8) is 0 Å². The molecule has 0 saturated carbocycles. The number of hydrogen-bond acceptors (Lipinski definition) is 3. The summed E-state index contributed by atoms with van der Waals surface area (Å²) in [5.41, 5.74) is 4.87. The van der Waals surface area contributed by atoms with Gasteiger partial charge in [0.1, 0.15) is 5.75 Å². The standard InChI is InChI=1S/C27H25N3O4/c1-16-6-5-7-21-26(16)20(15-28-21)17(2)29-22-8-3-4-9-23(22)30(27(29)34)24(14-25(32)33)18-10-12-19(31)13-11-18/h3-13,15,17,24,28,31H,14H2,1-2H3,(H,32,33). The van der Waals surface area contributed by atoms with Crippen molar-refractivity contribution in [1.82, 2.24) is 14.1 Å². The number of aliphatic carboxylic acids is 1. The van der Waals surface area contributed by atoms with Gasteiger partial charge >= 0.3 is 11.7 Å². The van der Waals surface area contributed by atoms with Crippen molar-refractivity contribution in [2.45, 2.75) is 32.4 Å². The maximum Gasteiger partial charge on any atom is 0.330 e. The maximum absolute atomic E-state index is 14.0. The molecule has 2 aromatic heterocycles. The summed E-state index contributed by atoms with van der Waals surface area (Å²) in [6.07, 6.45) is 1.68. The molecule has 0 radical (unpaired) electrons. The van der Waals surface area contributed by atoms with Gasteiger partial charge in [0.05, 0.1) is 29.5 Å². The number of nitrogens with one attached hydrogen (secondary N) is 1. The fourth-order valence-electron chi connectivity index (χ4n) is 4.96. The number of phenols is 1. The largest absolute Gasteiger partial charge is 0.508 e. The van der Waals surface area contributed by atoms with Crippen LogP contribution in [0.15, 0.2) is 77.7 Å². The van der Waals surface area contributed by atoms with Crippen molar-refractivity contribution in [1.29, 1.82) is 0 Å². The highest BCUT2D eigenvalue weighted by Crippen LogP contribution is 2.33. The number of phenolic OH excluding ortho intramolecular Hbond substituents is 1. The lowest BCUT2D eigenvalue weighted by Crippen LogP contribution is -2.31. The van der Waals surface area contributed by atoms with E-state index in [1.54, 1.807) is 21.3 Å². The Bertz CT molecular complexity index is 1570. The maximum atomic E-state index is 14.0. The number of fused-ring (bicyclic) bond motifs is 2. The van der Waals surface area contributed by atoms with Crippen LogP contribution in [0.1, 0.15) is 42.1 Å². The molecule has 7 nitrogen and oxygen atoms in total. The van der Waals surface area contributed by atoms with Crippen molar-refractivity contribution < 1.29 is 15.0 Å². The summed E-state index contributed by atoms with van der Waals surface area (Å²) in [6, 6.07) is 18.8. The number of aromatic hydroxyl groups is 1. The number of aromatic nitrogens is 3. The van der Waals surface area contributed by atoms with E-state index in [4.69, 9.17) is 0 Å². The normalized spacial score (nSPS) is 13.4. The first kappa shape index (κ1) is 21.6. The molecule has 34 heavy (non-hydrogen) atoms. The SMILES string of the molecule is Cc1cccc2[nH]cc(C(C)n3c(=O)n(C(CC(=O)O)c4ccc(O)cc4)c4ccccc43)c12. The highest BCUT2D eigenvalue weighted by atomic mass is 16.4. The van der Waals surface area contributed by atoms with Crippen LogP contribution in [0.3, 0.4) is 0 Å². The van der Waals surface area contributed by atoms with Gasteiger partial charge in [-0.1, -0.05) is 36.4 Å². The minimum absolute atomic E-state index is 0.0796. The molecule has 172 valence electrons. The second-order valence-corrected chi connectivity index (χ2v) is 8.63. The lowest BCUT2D eigenvalue weighted by molar-refractivity contribution is -0.137. The van der Waals surface area contributed by atoms with Crippen LogP contribution >= 0.6 is 0 Å². The molecule has 0 fully saturated rings. The monoisotopic (exact) mass is 455 g/mol. The van der Waals surface area contributed by atoms with E-state index in [1.165, 1.54) is 12.1 Å². The number of carbonyl (C=O) groups is 1. The number of para-hydroxylation sites is 2. The van der Waals surface area contributed by atoms with Gasteiger partial charge in [-0.2, -0.15) is 0 Å². The minimum Gasteiger partial charge on any atom is -0.508 e. The van der Waals surface area contributed by atoms with E-state index in [-0.39, 0.29) is 23.9 Å². The summed E-state index contributed by atoms with van der Waals surface area (Å²) < 4.78 is 3.30. The fraction of sp³-hybridized carbons (Fsp3) is 0.185.